The van der Waals surface area contributed by atoms with Gasteiger partial charge in [-0.15, -0.1) is 0 Å². The van der Waals surface area contributed by atoms with Gasteiger partial charge in [-0.25, -0.2) is 4.79 Å². The third kappa shape index (κ3) is 2.59. The molecular formula is C12H15NO2. The normalized spacial score (nSPS) is 9.53. The van der Waals surface area contributed by atoms with Gasteiger partial charge in [-0.1, -0.05) is 18.7 Å². The highest BCUT2D eigenvalue weighted by Gasteiger charge is 2.09. The predicted octanol–water partition coefficient (Wildman–Crippen LogP) is 2.84. The van der Waals surface area contributed by atoms with E-state index in [0.717, 1.165) is 16.7 Å². The van der Waals surface area contributed by atoms with E-state index in [0.29, 0.717) is 5.75 Å². The van der Waals surface area contributed by atoms with Gasteiger partial charge in [-0.05, 0) is 43.7 Å². The molecule has 0 radical (unpaired) electrons. The summed E-state index contributed by atoms with van der Waals surface area (Å²) in [7, 11) is 0. The number of hydrogen-bond donors (Lipinski definition) is 1. The summed E-state index contributed by atoms with van der Waals surface area (Å²) in [6.45, 7) is 9.21. The number of carbonyl (C=O) groups excluding carboxylic acids is 1. The summed E-state index contributed by atoms with van der Waals surface area (Å²) >= 11 is 0. The Labute approximate surface area is 89.8 Å². The lowest BCUT2D eigenvalue weighted by atomic mass is 10.1. The van der Waals surface area contributed by atoms with E-state index in [4.69, 9.17) is 4.74 Å². The first kappa shape index (κ1) is 11.3. The van der Waals surface area contributed by atoms with Gasteiger partial charge in [-0.3, -0.25) is 5.32 Å². The minimum absolute atomic E-state index is 0.512. The van der Waals surface area contributed by atoms with Crippen LogP contribution < -0.4 is 10.1 Å². The minimum Gasteiger partial charge on any atom is -0.410 e. The van der Waals surface area contributed by atoms with E-state index in [1.54, 1.807) is 0 Å². The third-order valence-electron chi connectivity index (χ3n) is 2.29. The van der Waals surface area contributed by atoms with Gasteiger partial charge in [0.2, 0.25) is 0 Å². The van der Waals surface area contributed by atoms with Gasteiger partial charge < -0.3 is 4.74 Å². The van der Waals surface area contributed by atoms with Gasteiger partial charge >= 0.3 is 6.09 Å². The van der Waals surface area contributed by atoms with Gasteiger partial charge in [0.25, 0.3) is 0 Å². The highest BCUT2D eigenvalue weighted by atomic mass is 16.6. The molecule has 0 bridgehead atoms. The SMILES string of the molecule is C=CNC(=O)Oc1c(C)ccc(C)c1C. The molecule has 0 saturated carbocycles. The highest BCUT2D eigenvalue weighted by molar-refractivity contribution is 5.72. The van der Waals surface area contributed by atoms with Crippen molar-refractivity contribution < 1.29 is 9.53 Å². The number of benzene rings is 1. The van der Waals surface area contributed by atoms with Crippen LogP contribution in [0.4, 0.5) is 4.79 Å². The Kier molecular flexibility index (Phi) is 3.50. The maximum atomic E-state index is 11.2. The van der Waals surface area contributed by atoms with Crippen molar-refractivity contribution in [3.8, 4) is 5.75 Å². The molecule has 3 heteroatoms. The van der Waals surface area contributed by atoms with Gasteiger partial charge in [0.05, 0.1) is 0 Å². The van der Waals surface area contributed by atoms with Crippen LogP contribution in [0.25, 0.3) is 0 Å². The smallest absolute Gasteiger partial charge is 0.410 e. The molecule has 0 unspecified atom stereocenters. The molecule has 80 valence electrons. The quantitative estimate of drug-likeness (QED) is 0.806. The van der Waals surface area contributed by atoms with Crippen LogP contribution in [0.3, 0.4) is 0 Å². The van der Waals surface area contributed by atoms with Crippen molar-refractivity contribution in [2.75, 3.05) is 0 Å². The fraction of sp³-hybridized carbons (Fsp3) is 0.250. The third-order valence-corrected chi connectivity index (χ3v) is 2.29. The molecule has 0 heterocycles. The summed E-state index contributed by atoms with van der Waals surface area (Å²) in [5, 5.41) is 2.37. The van der Waals surface area contributed by atoms with Crippen LogP contribution >= 0.6 is 0 Å². The van der Waals surface area contributed by atoms with Crippen molar-refractivity contribution in [3.05, 3.63) is 41.6 Å². The van der Waals surface area contributed by atoms with E-state index in [1.807, 2.05) is 32.9 Å². The second kappa shape index (κ2) is 4.64. The Morgan fingerprint density at radius 2 is 1.93 bits per heavy atom. The minimum atomic E-state index is -0.512. The molecule has 0 fully saturated rings. The molecule has 1 rings (SSSR count). The van der Waals surface area contributed by atoms with E-state index in [-0.39, 0.29) is 0 Å². The van der Waals surface area contributed by atoms with Crippen LogP contribution in [0.1, 0.15) is 16.7 Å². The second-order valence-corrected chi connectivity index (χ2v) is 3.39. The Bertz CT molecular complexity index is 397. The lowest BCUT2D eigenvalue weighted by Crippen LogP contribution is -2.21. The van der Waals surface area contributed by atoms with E-state index in [1.165, 1.54) is 6.20 Å². The molecular weight excluding hydrogens is 190 g/mol. The fourth-order valence-electron chi connectivity index (χ4n) is 1.29. The van der Waals surface area contributed by atoms with Crippen molar-refractivity contribution in [2.45, 2.75) is 20.8 Å². The number of hydrogen-bond acceptors (Lipinski definition) is 2. The van der Waals surface area contributed by atoms with Crippen molar-refractivity contribution in [1.82, 2.24) is 5.32 Å². The summed E-state index contributed by atoms with van der Waals surface area (Å²) in [6, 6.07) is 3.93. The number of ether oxygens (including phenoxy) is 1. The lowest BCUT2D eigenvalue weighted by molar-refractivity contribution is 0.204. The molecule has 0 aliphatic heterocycles. The zero-order valence-electron chi connectivity index (χ0n) is 9.26. The molecule has 3 nitrogen and oxygen atoms in total. The molecule has 0 aliphatic rings. The molecule has 1 N–H and O–H groups in total. The first-order valence-corrected chi connectivity index (χ1v) is 4.72. The van der Waals surface area contributed by atoms with Crippen LogP contribution in [0.5, 0.6) is 5.75 Å². The van der Waals surface area contributed by atoms with Crippen molar-refractivity contribution in [1.29, 1.82) is 0 Å². The maximum absolute atomic E-state index is 11.2. The van der Waals surface area contributed by atoms with Crippen molar-refractivity contribution >= 4 is 6.09 Å². The fourth-order valence-corrected chi connectivity index (χ4v) is 1.29. The topological polar surface area (TPSA) is 38.3 Å². The first-order valence-electron chi connectivity index (χ1n) is 4.72. The number of carbonyl (C=O) groups is 1. The molecule has 1 amide bonds. The van der Waals surface area contributed by atoms with E-state index in [9.17, 15) is 4.79 Å². The van der Waals surface area contributed by atoms with E-state index >= 15 is 0 Å². The predicted molar refractivity (Wildman–Crippen MR) is 60.0 cm³/mol. The molecule has 0 spiro atoms. The first-order chi connectivity index (χ1) is 7.06. The summed E-state index contributed by atoms with van der Waals surface area (Å²) in [5.74, 6) is 0.620. The average molecular weight is 205 g/mol. The van der Waals surface area contributed by atoms with Crippen molar-refractivity contribution in [2.24, 2.45) is 0 Å². The van der Waals surface area contributed by atoms with Crippen LogP contribution in [-0.4, -0.2) is 6.09 Å². The van der Waals surface area contributed by atoms with Crippen LogP contribution in [0, 0.1) is 20.8 Å². The molecule has 0 atom stereocenters. The van der Waals surface area contributed by atoms with Crippen LogP contribution in [0.2, 0.25) is 0 Å². The lowest BCUT2D eigenvalue weighted by Gasteiger charge is -2.11. The molecule has 0 aromatic heterocycles. The van der Waals surface area contributed by atoms with Crippen LogP contribution in [0.15, 0.2) is 24.9 Å². The number of aryl methyl sites for hydroxylation is 2. The summed E-state index contributed by atoms with van der Waals surface area (Å²) in [5.41, 5.74) is 3.02. The Morgan fingerprint density at radius 3 is 2.53 bits per heavy atom. The number of nitrogens with one attached hydrogen (secondary N) is 1. The zero-order valence-corrected chi connectivity index (χ0v) is 9.26. The largest absolute Gasteiger partial charge is 0.416 e. The zero-order chi connectivity index (χ0) is 11.4. The molecule has 1 aromatic carbocycles. The molecule has 0 aliphatic carbocycles. The van der Waals surface area contributed by atoms with Crippen LogP contribution in [-0.2, 0) is 0 Å². The van der Waals surface area contributed by atoms with E-state index in [2.05, 4.69) is 11.9 Å². The van der Waals surface area contributed by atoms with Gasteiger partial charge in [0, 0.05) is 0 Å². The van der Waals surface area contributed by atoms with E-state index < -0.39 is 6.09 Å². The number of rotatable bonds is 2. The summed E-state index contributed by atoms with van der Waals surface area (Å²) in [6.07, 6.45) is 0.782. The van der Waals surface area contributed by atoms with Gasteiger partial charge in [-0.2, -0.15) is 0 Å². The van der Waals surface area contributed by atoms with Gasteiger partial charge in [0.15, 0.2) is 0 Å². The Balaban J connectivity index is 2.98. The molecule has 15 heavy (non-hydrogen) atoms. The maximum Gasteiger partial charge on any atom is 0.416 e. The standard InChI is InChI=1S/C12H15NO2/c1-5-13-12(14)15-11-9(3)7-6-8(2)10(11)4/h5-7H,1H2,2-4H3,(H,13,14). The average Bonchev–Trinajstić information content (AvgIpc) is 2.19. The molecule has 0 saturated heterocycles. The Morgan fingerprint density at radius 1 is 1.33 bits per heavy atom. The second-order valence-electron chi connectivity index (χ2n) is 3.39. The highest BCUT2D eigenvalue weighted by Crippen LogP contribution is 2.25. The van der Waals surface area contributed by atoms with Crippen molar-refractivity contribution in [3.63, 3.8) is 0 Å². The summed E-state index contributed by atoms with van der Waals surface area (Å²) < 4.78 is 5.18. The summed E-state index contributed by atoms with van der Waals surface area (Å²) in [4.78, 5) is 11.2. The van der Waals surface area contributed by atoms with Gasteiger partial charge in [0.1, 0.15) is 5.75 Å². The Hall–Kier alpha value is -1.77. The number of amides is 1. The monoisotopic (exact) mass is 205 g/mol. The molecule has 1 aromatic rings.